The zero-order valence-corrected chi connectivity index (χ0v) is 23.6. The van der Waals surface area contributed by atoms with Crippen molar-refractivity contribution < 1.29 is 31.4 Å². The molecule has 4 aromatic rings. The highest BCUT2D eigenvalue weighted by atomic mass is 35.5. The van der Waals surface area contributed by atoms with Gasteiger partial charge in [-0.15, -0.1) is 0 Å². The summed E-state index contributed by atoms with van der Waals surface area (Å²) in [5, 5.41) is 0.0231. The smallest absolute Gasteiger partial charge is 0.356 e. The summed E-state index contributed by atoms with van der Waals surface area (Å²) in [7, 11) is -7.55. The number of halogens is 2. The van der Waals surface area contributed by atoms with Crippen LogP contribution in [0.1, 0.15) is 42.7 Å². The molecule has 0 aliphatic carbocycles. The van der Waals surface area contributed by atoms with E-state index in [9.17, 15) is 22.2 Å². The quantitative estimate of drug-likeness (QED) is 0.193. The largest absolute Gasteiger partial charge is 0.461 e. The molecule has 0 bridgehead atoms. The highest BCUT2D eigenvalue weighted by Gasteiger charge is 2.41. The second-order valence-corrected chi connectivity index (χ2v) is 13.4. The molecule has 0 aliphatic rings. The molecule has 0 radical (unpaired) electrons. The van der Waals surface area contributed by atoms with Crippen molar-refractivity contribution >= 4 is 56.5 Å². The Kier molecular flexibility index (Phi) is 7.86. The van der Waals surface area contributed by atoms with Crippen molar-refractivity contribution in [3.63, 3.8) is 0 Å². The monoisotopic (exact) mass is 577 g/mol. The van der Waals surface area contributed by atoms with Crippen molar-refractivity contribution in [2.75, 3.05) is 13.7 Å². The van der Waals surface area contributed by atoms with Gasteiger partial charge >= 0.3 is 5.97 Å². The number of ether oxygens (including phenoxy) is 1. The summed E-state index contributed by atoms with van der Waals surface area (Å²) in [4.78, 5) is 13.4. The summed E-state index contributed by atoms with van der Waals surface area (Å²) < 4.78 is 69.1. The van der Waals surface area contributed by atoms with Crippen LogP contribution < -0.4 is 10.6 Å². The zero-order chi connectivity index (χ0) is 27.8. The van der Waals surface area contributed by atoms with Gasteiger partial charge in [-0.25, -0.2) is 21.6 Å². The predicted molar refractivity (Wildman–Crippen MR) is 146 cm³/mol. The Morgan fingerprint density at radius 2 is 1.76 bits per heavy atom. The van der Waals surface area contributed by atoms with Gasteiger partial charge in [-0.05, 0) is 66.9 Å². The molecule has 0 aliphatic heterocycles. The van der Waals surface area contributed by atoms with Crippen LogP contribution in [0.4, 0.5) is 4.39 Å². The van der Waals surface area contributed by atoms with Gasteiger partial charge in [0.1, 0.15) is 5.82 Å². The Hall–Kier alpha value is -2.97. The fourth-order valence-corrected chi connectivity index (χ4v) is 8.28. The standard InChI is InChI=1S/C27H26ClFNO6PS/c1-5-36-27(31)25-26(37(32,35-4)21-14-18(17(2)3)13-20(29)16-21)23-15-19(28)11-12-24(23)30(25)38(33,34)22-9-7-6-8-10-22/h6-17H,5H2,1-4H3. The Morgan fingerprint density at radius 1 is 1.08 bits per heavy atom. The average Bonchev–Trinajstić information content (AvgIpc) is 3.24. The van der Waals surface area contributed by atoms with Crippen LogP contribution in [-0.4, -0.2) is 32.1 Å². The van der Waals surface area contributed by atoms with Gasteiger partial charge in [-0.2, -0.15) is 0 Å². The number of hydrogen-bond acceptors (Lipinski definition) is 6. The number of hydrogen-bond donors (Lipinski definition) is 0. The van der Waals surface area contributed by atoms with Crippen molar-refractivity contribution in [2.45, 2.75) is 31.6 Å². The first-order valence-electron chi connectivity index (χ1n) is 11.7. The molecule has 1 heterocycles. The van der Waals surface area contributed by atoms with Crippen LogP contribution >= 0.6 is 19.0 Å². The molecule has 7 nitrogen and oxygen atoms in total. The Balaban J connectivity index is 2.21. The molecular weight excluding hydrogens is 552 g/mol. The summed E-state index contributed by atoms with van der Waals surface area (Å²) in [6.07, 6.45) is 0. The number of benzene rings is 3. The molecule has 38 heavy (non-hydrogen) atoms. The number of esters is 1. The number of rotatable bonds is 8. The number of carbonyl (C=O) groups is 1. The Morgan fingerprint density at radius 3 is 2.37 bits per heavy atom. The molecule has 0 spiro atoms. The van der Waals surface area contributed by atoms with Gasteiger partial charge in [0.05, 0.1) is 22.3 Å². The average molecular weight is 578 g/mol. The fraction of sp³-hybridized carbons (Fsp3) is 0.222. The minimum atomic E-state index is -4.41. The van der Waals surface area contributed by atoms with Gasteiger partial charge in [-0.1, -0.05) is 43.6 Å². The highest BCUT2D eigenvalue weighted by Crippen LogP contribution is 2.49. The molecule has 200 valence electrons. The second kappa shape index (κ2) is 10.7. The molecule has 0 fully saturated rings. The van der Waals surface area contributed by atoms with E-state index in [2.05, 4.69) is 0 Å². The van der Waals surface area contributed by atoms with Crippen molar-refractivity contribution in [2.24, 2.45) is 0 Å². The highest BCUT2D eigenvalue weighted by molar-refractivity contribution is 7.90. The van der Waals surface area contributed by atoms with Crippen LogP contribution in [0.15, 0.2) is 71.6 Å². The molecule has 0 amide bonds. The number of fused-ring (bicyclic) bond motifs is 1. The van der Waals surface area contributed by atoms with E-state index in [1.807, 2.05) is 13.8 Å². The molecule has 4 rings (SSSR count). The van der Waals surface area contributed by atoms with E-state index < -0.39 is 34.9 Å². The van der Waals surface area contributed by atoms with Crippen LogP contribution in [-0.2, 0) is 23.8 Å². The molecule has 1 atom stereocenters. The summed E-state index contributed by atoms with van der Waals surface area (Å²) in [5.74, 6) is -1.81. The van der Waals surface area contributed by atoms with E-state index in [1.165, 1.54) is 42.5 Å². The first-order valence-corrected chi connectivity index (χ1v) is 15.2. The van der Waals surface area contributed by atoms with E-state index in [0.717, 1.165) is 17.1 Å². The molecule has 0 saturated heterocycles. The van der Waals surface area contributed by atoms with Crippen LogP contribution in [0.3, 0.4) is 0 Å². The molecular formula is C27H26ClFNO6PS. The van der Waals surface area contributed by atoms with Gasteiger partial charge in [0, 0.05) is 22.8 Å². The van der Waals surface area contributed by atoms with Crippen molar-refractivity contribution in [3.05, 3.63) is 88.8 Å². The lowest BCUT2D eigenvalue weighted by Gasteiger charge is -2.20. The molecule has 0 N–H and O–H groups in total. The summed E-state index contributed by atoms with van der Waals surface area (Å²) in [6.45, 7) is 5.17. The van der Waals surface area contributed by atoms with E-state index in [1.54, 1.807) is 25.1 Å². The third-order valence-electron chi connectivity index (χ3n) is 6.07. The maximum absolute atomic E-state index is 14.8. The van der Waals surface area contributed by atoms with Crippen LogP contribution in [0.2, 0.25) is 5.02 Å². The molecule has 0 saturated carbocycles. The van der Waals surface area contributed by atoms with E-state index >= 15 is 0 Å². The summed E-state index contributed by atoms with van der Waals surface area (Å²) in [5.41, 5.74) is 0.0798. The van der Waals surface area contributed by atoms with Gasteiger partial charge in [-0.3, -0.25) is 4.57 Å². The van der Waals surface area contributed by atoms with Gasteiger partial charge in [0.25, 0.3) is 17.4 Å². The number of aromatic nitrogens is 1. The number of nitrogens with zero attached hydrogens (tertiary/aromatic N) is 1. The summed E-state index contributed by atoms with van der Waals surface area (Å²) >= 11 is 6.29. The molecule has 11 heteroatoms. The van der Waals surface area contributed by atoms with E-state index in [0.29, 0.717) is 5.56 Å². The van der Waals surface area contributed by atoms with E-state index in [4.69, 9.17) is 20.9 Å². The maximum atomic E-state index is 14.8. The Bertz CT molecular complexity index is 1680. The normalized spacial score (nSPS) is 13.6. The molecule has 1 aromatic heterocycles. The minimum Gasteiger partial charge on any atom is -0.461 e. The van der Waals surface area contributed by atoms with Crippen molar-refractivity contribution in [3.8, 4) is 0 Å². The summed E-state index contributed by atoms with van der Waals surface area (Å²) in [6, 6.07) is 15.7. The molecule has 3 aromatic carbocycles. The SMILES string of the molecule is CCOC(=O)c1c(P(=O)(OC)c2cc(F)cc(C(C)C)c2)c2cc(Cl)ccc2n1S(=O)(=O)c1ccccc1. The number of carbonyl (C=O) groups excluding carboxylic acids is 1. The van der Waals surface area contributed by atoms with Crippen molar-refractivity contribution in [1.82, 2.24) is 3.97 Å². The maximum Gasteiger partial charge on any atom is 0.356 e. The third kappa shape index (κ3) is 4.80. The topological polar surface area (TPSA) is 91.7 Å². The fourth-order valence-electron chi connectivity index (χ4n) is 4.27. The molecule has 1 unspecified atom stereocenters. The van der Waals surface area contributed by atoms with Crippen LogP contribution in [0, 0.1) is 5.82 Å². The van der Waals surface area contributed by atoms with Gasteiger partial charge < -0.3 is 9.26 Å². The lowest BCUT2D eigenvalue weighted by molar-refractivity contribution is 0.0520. The van der Waals surface area contributed by atoms with Crippen LogP contribution in [0.25, 0.3) is 10.9 Å². The van der Waals surface area contributed by atoms with E-state index in [-0.39, 0.29) is 44.0 Å². The Labute approximate surface area is 225 Å². The first-order chi connectivity index (χ1) is 17.9. The van der Waals surface area contributed by atoms with Gasteiger partial charge in [0.15, 0.2) is 5.69 Å². The lowest BCUT2D eigenvalue weighted by Crippen LogP contribution is -2.28. The van der Waals surface area contributed by atoms with Crippen LogP contribution in [0.5, 0.6) is 0 Å². The van der Waals surface area contributed by atoms with Crippen molar-refractivity contribution in [1.29, 1.82) is 0 Å². The third-order valence-corrected chi connectivity index (χ3v) is 10.5. The predicted octanol–water partition coefficient (Wildman–Crippen LogP) is 5.85. The minimum absolute atomic E-state index is 0.0362. The first kappa shape index (κ1) is 28.0. The zero-order valence-electron chi connectivity index (χ0n) is 21.1. The second-order valence-electron chi connectivity index (χ2n) is 8.79. The van der Waals surface area contributed by atoms with Gasteiger partial charge in [0.2, 0.25) is 0 Å². The lowest BCUT2D eigenvalue weighted by atomic mass is 10.0.